The molecule has 6 N–H and O–H groups in total. The van der Waals surface area contributed by atoms with Crippen molar-refractivity contribution in [3.63, 3.8) is 0 Å². The van der Waals surface area contributed by atoms with Crippen molar-refractivity contribution >= 4 is 17.5 Å². The molecule has 2 aliphatic heterocycles. The lowest BCUT2D eigenvalue weighted by atomic mass is 9.91. The number of amides is 1. The second-order valence-corrected chi connectivity index (χ2v) is 13.4. The lowest BCUT2D eigenvalue weighted by molar-refractivity contribution is -0.136. The molecule has 1 aromatic carbocycles. The summed E-state index contributed by atoms with van der Waals surface area (Å²) < 4.78 is 20.6. The highest BCUT2D eigenvalue weighted by molar-refractivity contribution is 6.30. The van der Waals surface area contributed by atoms with Crippen molar-refractivity contribution in [1.29, 1.82) is 0 Å². The molecule has 1 amide bonds. The zero-order valence-electron chi connectivity index (χ0n) is 25.7. The Morgan fingerprint density at radius 3 is 2.53 bits per heavy atom. The van der Waals surface area contributed by atoms with Gasteiger partial charge in [0.05, 0.1) is 25.7 Å². The van der Waals surface area contributed by atoms with Crippen LogP contribution in [0.25, 0.3) is 0 Å². The van der Waals surface area contributed by atoms with Gasteiger partial charge in [-0.05, 0) is 55.2 Å². The van der Waals surface area contributed by atoms with Crippen molar-refractivity contribution in [3.8, 4) is 5.75 Å². The van der Waals surface area contributed by atoms with E-state index < -0.39 is 36.8 Å². The Bertz CT molecular complexity index is 1230. The van der Waals surface area contributed by atoms with Crippen LogP contribution in [0.4, 0.5) is 4.39 Å². The number of rotatable bonds is 16. The highest BCUT2D eigenvalue weighted by Gasteiger charge is 2.39. The van der Waals surface area contributed by atoms with Crippen LogP contribution in [0.1, 0.15) is 44.1 Å². The molecule has 0 spiro atoms. The van der Waals surface area contributed by atoms with E-state index in [1.807, 2.05) is 0 Å². The number of ether oxygens (including phenoxy) is 1. The average molecular weight is 652 g/mol. The number of benzene rings is 1. The molecule has 12 heteroatoms. The zero-order valence-corrected chi connectivity index (χ0v) is 26.4. The van der Waals surface area contributed by atoms with Gasteiger partial charge in [0.1, 0.15) is 29.9 Å². The SMILES string of the molecule is O=C(Cc1ccc(OCCCC2CCN(C3=C4CC4C(Cl)=CC3)CC2)cc1F)N1CC(CNC[C@H](O)[C@@H](O)[C@H](O)[C@H](O)CO)C1. The van der Waals surface area contributed by atoms with Crippen LogP contribution in [0.3, 0.4) is 0 Å². The molecule has 5 rings (SSSR count). The number of hydrogen-bond acceptors (Lipinski definition) is 9. The molecule has 0 aromatic heterocycles. The predicted molar refractivity (Wildman–Crippen MR) is 167 cm³/mol. The van der Waals surface area contributed by atoms with Gasteiger partial charge in [-0.3, -0.25) is 4.79 Å². The molecule has 45 heavy (non-hydrogen) atoms. The van der Waals surface area contributed by atoms with Crippen molar-refractivity contribution in [2.75, 3.05) is 52.5 Å². The van der Waals surface area contributed by atoms with Crippen LogP contribution in [0.2, 0.25) is 0 Å². The molecule has 1 unspecified atom stereocenters. The molecule has 1 saturated carbocycles. The first kappa shape index (κ1) is 34.1. The van der Waals surface area contributed by atoms with Crippen LogP contribution < -0.4 is 10.1 Å². The van der Waals surface area contributed by atoms with Crippen LogP contribution >= 0.6 is 11.6 Å². The average Bonchev–Trinajstić information content (AvgIpc) is 3.83. The molecule has 3 fully saturated rings. The largest absolute Gasteiger partial charge is 0.493 e. The minimum Gasteiger partial charge on any atom is -0.493 e. The first-order valence-corrected chi connectivity index (χ1v) is 16.6. The number of halogens is 2. The Morgan fingerprint density at radius 2 is 1.82 bits per heavy atom. The van der Waals surface area contributed by atoms with Gasteiger partial charge < -0.3 is 45.4 Å². The Labute approximate surface area is 269 Å². The number of aliphatic hydroxyl groups excluding tert-OH is 5. The van der Waals surface area contributed by atoms with Gasteiger partial charge in [-0.15, -0.1) is 0 Å². The topological polar surface area (TPSA) is 146 Å². The van der Waals surface area contributed by atoms with Crippen molar-refractivity contribution in [2.24, 2.45) is 17.8 Å². The van der Waals surface area contributed by atoms with Crippen molar-refractivity contribution in [3.05, 3.63) is 52.0 Å². The van der Waals surface area contributed by atoms with Gasteiger partial charge in [0.15, 0.2) is 0 Å². The van der Waals surface area contributed by atoms with Gasteiger partial charge >= 0.3 is 0 Å². The van der Waals surface area contributed by atoms with E-state index in [0.717, 1.165) is 43.8 Å². The Hall–Kier alpha value is -2.25. The van der Waals surface area contributed by atoms with Gasteiger partial charge in [-0.1, -0.05) is 23.7 Å². The summed E-state index contributed by atoms with van der Waals surface area (Å²) in [6, 6.07) is 4.68. The fourth-order valence-electron chi connectivity index (χ4n) is 6.65. The third kappa shape index (κ3) is 8.77. The molecule has 2 saturated heterocycles. The van der Waals surface area contributed by atoms with Crippen molar-refractivity contribution in [2.45, 2.75) is 69.4 Å². The molecule has 0 bridgehead atoms. The third-order valence-corrected chi connectivity index (χ3v) is 10.1. The standard InChI is InChI=1S/C33H47ClFN3O7/c34-26-5-6-28(25-14-24(25)26)37-9-7-20(8-10-37)2-1-11-45-23-4-3-22(27(35)13-23)12-31(42)38-17-21(18-38)15-36-16-29(40)32(43)33(44)30(41)19-39/h3-5,13,20-21,24,29-30,32-33,36,39-41,43-44H,1-2,6-12,14-19H2/t24?,29-,30+,32+,33+/m0/s1. The van der Waals surface area contributed by atoms with Crippen LogP contribution in [0, 0.1) is 23.6 Å². The van der Waals surface area contributed by atoms with E-state index in [0.29, 0.717) is 49.4 Å². The molecule has 5 atom stereocenters. The Kier molecular flexibility index (Phi) is 11.8. The number of fused-ring (bicyclic) bond motifs is 1. The molecule has 2 aliphatic carbocycles. The van der Waals surface area contributed by atoms with Gasteiger partial charge in [0, 0.05) is 74.3 Å². The molecule has 4 aliphatic rings. The number of nitrogens with zero attached hydrogens (tertiary/aromatic N) is 2. The zero-order chi connectivity index (χ0) is 32.1. The highest BCUT2D eigenvalue weighted by Crippen LogP contribution is 2.51. The normalized spacial score (nSPS) is 23.2. The minimum atomic E-state index is -1.67. The Morgan fingerprint density at radius 1 is 1.09 bits per heavy atom. The lowest BCUT2D eigenvalue weighted by Crippen LogP contribution is -2.55. The maximum atomic E-state index is 14.8. The maximum Gasteiger partial charge on any atom is 0.227 e. The number of carbonyl (C=O) groups excluding carboxylic acids is 1. The fraction of sp³-hybridized carbons (Fsp3) is 0.667. The first-order chi connectivity index (χ1) is 21.6. The van der Waals surface area contributed by atoms with Crippen LogP contribution in [-0.4, -0.2) is 118 Å². The molecule has 0 radical (unpaired) electrons. The van der Waals surface area contributed by atoms with E-state index in [1.54, 1.807) is 22.6 Å². The number of nitrogens with one attached hydrogen (secondary N) is 1. The van der Waals surface area contributed by atoms with E-state index in [-0.39, 0.29) is 24.8 Å². The van der Waals surface area contributed by atoms with Crippen molar-refractivity contribution < 1.29 is 39.5 Å². The third-order valence-electron chi connectivity index (χ3n) is 9.69. The summed E-state index contributed by atoms with van der Waals surface area (Å²) >= 11 is 6.29. The molecule has 250 valence electrons. The summed E-state index contributed by atoms with van der Waals surface area (Å²) in [5.41, 5.74) is 3.38. The predicted octanol–water partition coefficient (Wildman–Crippen LogP) is 1.52. The summed E-state index contributed by atoms with van der Waals surface area (Å²) in [6.45, 7) is 3.41. The summed E-state index contributed by atoms with van der Waals surface area (Å²) in [5.74, 6) is 1.16. The molecular weight excluding hydrogens is 605 g/mol. The Balaban J connectivity index is 0.933. The summed E-state index contributed by atoms with van der Waals surface area (Å²) in [6.07, 6.45) is 2.44. The minimum absolute atomic E-state index is 0.0338. The number of aliphatic hydroxyl groups is 5. The first-order valence-electron chi connectivity index (χ1n) is 16.2. The van der Waals surface area contributed by atoms with E-state index in [9.17, 15) is 29.6 Å². The van der Waals surface area contributed by atoms with Gasteiger partial charge in [0.2, 0.25) is 5.91 Å². The molecule has 1 aromatic rings. The molecule has 2 heterocycles. The van der Waals surface area contributed by atoms with E-state index in [1.165, 1.54) is 24.6 Å². The van der Waals surface area contributed by atoms with Gasteiger partial charge in [0.25, 0.3) is 0 Å². The number of hydrogen-bond donors (Lipinski definition) is 6. The number of allylic oxidation sites excluding steroid dienone is 3. The summed E-state index contributed by atoms with van der Waals surface area (Å²) in [7, 11) is 0. The van der Waals surface area contributed by atoms with E-state index in [2.05, 4.69) is 16.3 Å². The van der Waals surface area contributed by atoms with Gasteiger partial charge in [-0.2, -0.15) is 0 Å². The van der Waals surface area contributed by atoms with E-state index in [4.69, 9.17) is 21.4 Å². The van der Waals surface area contributed by atoms with Crippen LogP contribution in [0.15, 0.2) is 40.6 Å². The molecular formula is C33H47ClFN3O7. The monoisotopic (exact) mass is 651 g/mol. The quantitative estimate of drug-likeness (QED) is 0.147. The number of likely N-dealkylation sites (tertiary alicyclic amines) is 2. The molecule has 10 nitrogen and oxygen atoms in total. The number of carbonyl (C=O) groups is 1. The van der Waals surface area contributed by atoms with Crippen LogP contribution in [-0.2, 0) is 11.2 Å². The second-order valence-electron chi connectivity index (χ2n) is 13.0. The van der Waals surface area contributed by atoms with E-state index >= 15 is 0 Å². The smallest absolute Gasteiger partial charge is 0.227 e. The van der Waals surface area contributed by atoms with Gasteiger partial charge in [-0.25, -0.2) is 4.39 Å². The maximum absolute atomic E-state index is 14.8. The summed E-state index contributed by atoms with van der Waals surface area (Å²) in [5, 5.41) is 51.8. The summed E-state index contributed by atoms with van der Waals surface area (Å²) in [4.78, 5) is 16.9. The van der Waals surface area contributed by atoms with Crippen LogP contribution in [0.5, 0.6) is 5.75 Å². The highest BCUT2D eigenvalue weighted by atomic mass is 35.5. The fourth-order valence-corrected chi connectivity index (χ4v) is 6.94. The second kappa shape index (κ2) is 15.6. The lowest BCUT2D eigenvalue weighted by Gasteiger charge is -2.39. The number of piperidine rings is 1. The van der Waals surface area contributed by atoms with Crippen molar-refractivity contribution in [1.82, 2.24) is 15.1 Å².